The lowest BCUT2D eigenvalue weighted by Gasteiger charge is -2.14. The first kappa shape index (κ1) is 19.0. The summed E-state index contributed by atoms with van der Waals surface area (Å²) in [6, 6.07) is 12.9. The van der Waals surface area contributed by atoms with Crippen molar-refractivity contribution in [2.45, 2.75) is 13.0 Å². The van der Waals surface area contributed by atoms with E-state index in [1.807, 2.05) is 0 Å². The quantitative estimate of drug-likeness (QED) is 0.603. The van der Waals surface area contributed by atoms with Gasteiger partial charge in [-0.25, -0.2) is 0 Å². The van der Waals surface area contributed by atoms with Crippen molar-refractivity contribution in [1.82, 2.24) is 4.57 Å². The van der Waals surface area contributed by atoms with E-state index in [2.05, 4.69) is 5.32 Å². The highest BCUT2D eigenvalue weighted by molar-refractivity contribution is 6.09. The molecule has 2 aromatic carbocycles. The van der Waals surface area contributed by atoms with Gasteiger partial charge in [-0.3, -0.25) is 14.4 Å². The number of pyridine rings is 1. The van der Waals surface area contributed by atoms with Crippen LogP contribution in [0.3, 0.4) is 0 Å². The van der Waals surface area contributed by atoms with Gasteiger partial charge in [-0.15, -0.1) is 0 Å². The summed E-state index contributed by atoms with van der Waals surface area (Å²) in [7, 11) is 1.51. The first-order chi connectivity index (χ1) is 13.4. The van der Waals surface area contributed by atoms with Crippen molar-refractivity contribution in [3.63, 3.8) is 0 Å². The number of hydrogen-bond acceptors (Lipinski definition) is 5. The molecule has 144 valence electrons. The second-order valence-electron chi connectivity index (χ2n) is 6.02. The van der Waals surface area contributed by atoms with Crippen LogP contribution in [0.5, 0.6) is 11.5 Å². The monoisotopic (exact) mass is 382 g/mol. The average molecular weight is 382 g/mol. The van der Waals surface area contributed by atoms with Crippen LogP contribution in [0, 0.1) is 0 Å². The lowest BCUT2D eigenvalue weighted by molar-refractivity contribution is -0.137. The predicted octanol–water partition coefficient (Wildman–Crippen LogP) is 2.44. The number of carboxylic acid groups (broad SMARTS) is 1. The molecule has 0 spiro atoms. The van der Waals surface area contributed by atoms with Crippen molar-refractivity contribution >= 4 is 28.5 Å². The Kier molecular flexibility index (Phi) is 5.30. The smallest absolute Gasteiger partial charge is 0.305 e. The molecule has 3 aromatic rings. The maximum absolute atomic E-state index is 12.9. The van der Waals surface area contributed by atoms with Gasteiger partial charge in [-0.05, 0) is 36.4 Å². The van der Waals surface area contributed by atoms with Crippen molar-refractivity contribution in [1.29, 1.82) is 0 Å². The van der Waals surface area contributed by atoms with Crippen LogP contribution in [-0.2, 0) is 11.3 Å². The number of aliphatic carboxylic acids is 1. The minimum absolute atomic E-state index is 0.127. The number of anilines is 1. The van der Waals surface area contributed by atoms with Crippen molar-refractivity contribution in [3.8, 4) is 11.5 Å². The molecule has 0 saturated carbocycles. The largest absolute Gasteiger partial charge is 0.506 e. The third-order valence-electron chi connectivity index (χ3n) is 4.27. The summed E-state index contributed by atoms with van der Waals surface area (Å²) >= 11 is 0. The second-order valence-corrected chi connectivity index (χ2v) is 6.02. The minimum Gasteiger partial charge on any atom is -0.506 e. The fourth-order valence-electron chi connectivity index (χ4n) is 2.89. The summed E-state index contributed by atoms with van der Waals surface area (Å²) in [5, 5.41) is 22.4. The Morgan fingerprint density at radius 2 is 1.79 bits per heavy atom. The van der Waals surface area contributed by atoms with Crippen LogP contribution < -0.4 is 15.6 Å². The van der Waals surface area contributed by atoms with Gasteiger partial charge >= 0.3 is 5.97 Å². The number of benzene rings is 2. The molecule has 0 aliphatic rings. The first-order valence-corrected chi connectivity index (χ1v) is 8.44. The zero-order chi connectivity index (χ0) is 20.3. The molecule has 0 unspecified atom stereocenters. The van der Waals surface area contributed by atoms with Crippen LogP contribution in [0.15, 0.2) is 53.3 Å². The van der Waals surface area contributed by atoms with Gasteiger partial charge in [-0.2, -0.15) is 0 Å². The van der Waals surface area contributed by atoms with Crippen molar-refractivity contribution < 1.29 is 24.5 Å². The van der Waals surface area contributed by atoms with Crippen LogP contribution in [0.1, 0.15) is 16.8 Å². The van der Waals surface area contributed by atoms with E-state index in [9.17, 15) is 19.5 Å². The van der Waals surface area contributed by atoms with Crippen LogP contribution in [-0.4, -0.2) is 33.8 Å². The molecule has 0 aliphatic heterocycles. The van der Waals surface area contributed by atoms with E-state index in [0.717, 1.165) is 0 Å². The Morgan fingerprint density at radius 3 is 2.43 bits per heavy atom. The fraction of sp³-hybridized carbons (Fsp3) is 0.150. The summed E-state index contributed by atoms with van der Waals surface area (Å²) in [5.74, 6) is -1.71. The number of carbonyl (C=O) groups excluding carboxylic acids is 1. The summed E-state index contributed by atoms with van der Waals surface area (Å²) in [4.78, 5) is 36.5. The van der Waals surface area contributed by atoms with E-state index >= 15 is 0 Å². The van der Waals surface area contributed by atoms with Gasteiger partial charge in [0.15, 0.2) is 0 Å². The number of ether oxygens (including phenoxy) is 1. The Balaban J connectivity index is 2.07. The highest BCUT2D eigenvalue weighted by Crippen LogP contribution is 2.27. The van der Waals surface area contributed by atoms with Crippen LogP contribution in [0.4, 0.5) is 5.69 Å². The maximum Gasteiger partial charge on any atom is 0.305 e. The molecular weight excluding hydrogens is 364 g/mol. The minimum atomic E-state index is -1.08. The summed E-state index contributed by atoms with van der Waals surface area (Å²) < 4.78 is 6.24. The SMILES string of the molecule is COc1ccc(NC(=O)c2c(O)c3ccccc3n(CCC(=O)O)c2=O)cc1. The van der Waals surface area contributed by atoms with Gasteiger partial charge in [-0.1, -0.05) is 12.1 Å². The number of aromatic hydroxyl groups is 1. The molecule has 1 amide bonds. The van der Waals surface area contributed by atoms with Gasteiger partial charge in [0.25, 0.3) is 11.5 Å². The third-order valence-corrected chi connectivity index (χ3v) is 4.27. The molecule has 1 aromatic heterocycles. The third kappa shape index (κ3) is 3.66. The zero-order valence-corrected chi connectivity index (χ0v) is 15.0. The molecule has 0 fully saturated rings. The number of carboxylic acids is 1. The average Bonchev–Trinajstić information content (AvgIpc) is 2.68. The highest BCUT2D eigenvalue weighted by atomic mass is 16.5. The van der Waals surface area contributed by atoms with Crippen LogP contribution >= 0.6 is 0 Å². The number of aryl methyl sites for hydroxylation is 1. The summed E-state index contributed by atoms with van der Waals surface area (Å²) in [6.45, 7) is -0.127. The number of aromatic nitrogens is 1. The predicted molar refractivity (Wildman–Crippen MR) is 103 cm³/mol. The Labute approximate surface area is 159 Å². The number of nitrogens with one attached hydrogen (secondary N) is 1. The van der Waals surface area contributed by atoms with Crippen molar-refractivity contribution in [2.24, 2.45) is 0 Å². The molecule has 3 N–H and O–H groups in total. The lowest BCUT2D eigenvalue weighted by Crippen LogP contribution is -2.30. The second kappa shape index (κ2) is 7.83. The molecule has 8 heteroatoms. The Hall–Kier alpha value is -3.81. The number of amides is 1. The molecule has 0 radical (unpaired) electrons. The van der Waals surface area contributed by atoms with Gasteiger partial charge in [0.05, 0.1) is 19.0 Å². The first-order valence-electron chi connectivity index (χ1n) is 8.44. The van der Waals surface area contributed by atoms with Crippen molar-refractivity contribution in [2.75, 3.05) is 12.4 Å². The Bertz CT molecular complexity index is 1100. The van der Waals surface area contributed by atoms with E-state index in [1.165, 1.54) is 11.7 Å². The van der Waals surface area contributed by atoms with Gasteiger partial charge < -0.3 is 24.8 Å². The molecular formula is C20H18N2O6. The van der Waals surface area contributed by atoms with Gasteiger partial charge in [0.1, 0.15) is 17.1 Å². The number of fused-ring (bicyclic) bond motifs is 1. The summed E-state index contributed by atoms with van der Waals surface area (Å²) in [5.41, 5.74) is -0.439. The Morgan fingerprint density at radius 1 is 1.11 bits per heavy atom. The van der Waals surface area contributed by atoms with E-state index in [4.69, 9.17) is 9.84 Å². The number of methoxy groups -OCH3 is 1. The van der Waals surface area contributed by atoms with Crippen molar-refractivity contribution in [3.05, 3.63) is 64.4 Å². The summed E-state index contributed by atoms with van der Waals surface area (Å²) in [6.07, 6.45) is -0.297. The molecule has 0 atom stereocenters. The maximum atomic E-state index is 12.9. The van der Waals surface area contributed by atoms with E-state index in [-0.39, 0.29) is 18.4 Å². The molecule has 0 saturated heterocycles. The number of nitrogens with zero attached hydrogens (tertiary/aromatic N) is 1. The van der Waals surface area contributed by atoms with E-state index in [1.54, 1.807) is 48.5 Å². The number of para-hydroxylation sites is 1. The number of hydrogen-bond donors (Lipinski definition) is 3. The molecule has 0 bridgehead atoms. The normalized spacial score (nSPS) is 10.6. The van der Waals surface area contributed by atoms with Crippen LogP contribution in [0.2, 0.25) is 0 Å². The van der Waals surface area contributed by atoms with E-state index in [0.29, 0.717) is 17.0 Å². The zero-order valence-electron chi connectivity index (χ0n) is 15.0. The molecule has 0 aliphatic carbocycles. The molecule has 1 heterocycles. The van der Waals surface area contributed by atoms with E-state index < -0.39 is 28.7 Å². The number of carbonyl (C=O) groups is 2. The molecule has 8 nitrogen and oxygen atoms in total. The van der Waals surface area contributed by atoms with Gasteiger partial charge in [0.2, 0.25) is 0 Å². The molecule has 28 heavy (non-hydrogen) atoms. The topological polar surface area (TPSA) is 118 Å². The van der Waals surface area contributed by atoms with Gasteiger partial charge in [0, 0.05) is 17.6 Å². The fourth-order valence-corrected chi connectivity index (χ4v) is 2.89. The highest BCUT2D eigenvalue weighted by Gasteiger charge is 2.22. The molecule has 3 rings (SSSR count). The lowest BCUT2D eigenvalue weighted by atomic mass is 10.1. The standard InChI is InChI=1S/C20H18N2O6/c1-28-13-8-6-12(7-9-13)21-19(26)17-18(25)14-4-2-3-5-15(14)22(20(17)27)11-10-16(23)24/h2-9,25H,10-11H2,1H3,(H,21,26)(H,23,24). The van der Waals surface area contributed by atoms with Crippen LogP contribution in [0.25, 0.3) is 10.9 Å². The number of rotatable bonds is 6.